The minimum absolute atomic E-state index is 0.462. The predicted octanol–water partition coefficient (Wildman–Crippen LogP) is 4.20. The number of hydrogen-bond donors (Lipinski definition) is 0. The van der Waals surface area contributed by atoms with E-state index in [1.54, 1.807) is 0 Å². The van der Waals surface area contributed by atoms with E-state index in [1.807, 2.05) is 34.6 Å². The molecule has 0 bridgehead atoms. The Hall–Kier alpha value is -0.510. The molecule has 0 rings (SSSR count). The Morgan fingerprint density at radius 1 is 1.25 bits per heavy atom. The molecule has 0 heterocycles. The van der Waals surface area contributed by atoms with Crippen molar-refractivity contribution in [2.24, 2.45) is 0 Å². The average molecular weight is 174 g/mol. The van der Waals surface area contributed by atoms with E-state index < -0.39 is 5.67 Å². The first-order chi connectivity index (χ1) is 5.62. The third-order valence-corrected chi connectivity index (χ3v) is 1.02. The van der Waals surface area contributed by atoms with E-state index in [0.29, 0.717) is 6.42 Å². The van der Waals surface area contributed by atoms with E-state index in [9.17, 15) is 4.39 Å². The smallest absolute Gasteiger partial charge is 0.167 e. The van der Waals surface area contributed by atoms with Crippen molar-refractivity contribution in [1.29, 1.82) is 0 Å². The van der Waals surface area contributed by atoms with Gasteiger partial charge < -0.3 is 0 Å². The summed E-state index contributed by atoms with van der Waals surface area (Å²) >= 11 is 0. The van der Waals surface area contributed by atoms with Crippen LogP contribution in [0.2, 0.25) is 0 Å². The van der Waals surface area contributed by atoms with Crippen molar-refractivity contribution in [3.8, 4) is 12.3 Å². The highest BCUT2D eigenvalue weighted by molar-refractivity contribution is 5.04. The summed E-state index contributed by atoms with van der Waals surface area (Å²) in [5.74, 6) is 2.08. The Labute approximate surface area is 77.6 Å². The molecule has 1 heteroatoms. The summed E-state index contributed by atoms with van der Waals surface area (Å²) in [6.45, 7) is 11.3. The summed E-state index contributed by atoms with van der Waals surface area (Å²) in [6.07, 6.45) is 6.13. The summed E-state index contributed by atoms with van der Waals surface area (Å²) in [5, 5.41) is 0. The molecule has 0 spiro atoms. The van der Waals surface area contributed by atoms with Crippen LogP contribution in [-0.4, -0.2) is 5.67 Å². The second-order valence-electron chi connectivity index (χ2n) is 2.09. The lowest BCUT2D eigenvalue weighted by atomic mass is 10.0. The van der Waals surface area contributed by atoms with Gasteiger partial charge >= 0.3 is 0 Å². The first kappa shape index (κ1) is 17.5. The molecule has 0 radical (unpaired) electrons. The molecule has 0 aliphatic rings. The van der Waals surface area contributed by atoms with Crippen molar-refractivity contribution in [2.75, 3.05) is 0 Å². The topological polar surface area (TPSA) is 0 Å². The first-order valence-corrected chi connectivity index (χ1v) is 4.79. The molecular formula is C11H23F. The molecule has 0 aromatic heterocycles. The first-order valence-electron chi connectivity index (χ1n) is 4.79. The van der Waals surface area contributed by atoms with Gasteiger partial charge in [-0.25, -0.2) is 4.39 Å². The maximum atomic E-state index is 12.6. The molecule has 0 saturated heterocycles. The quantitative estimate of drug-likeness (QED) is 0.550. The Kier molecular flexibility index (Phi) is 19.2. The van der Waals surface area contributed by atoms with Crippen molar-refractivity contribution in [1.82, 2.24) is 0 Å². The van der Waals surface area contributed by atoms with E-state index >= 15 is 0 Å². The van der Waals surface area contributed by atoms with E-state index in [0.717, 1.165) is 6.42 Å². The SMILES string of the molecule is C#CC(C)(F)CCC.CC.CC. The zero-order chi connectivity index (χ0) is 10.6. The minimum Gasteiger partial charge on any atom is -0.230 e. The summed E-state index contributed by atoms with van der Waals surface area (Å²) < 4.78 is 12.6. The van der Waals surface area contributed by atoms with Crippen molar-refractivity contribution < 1.29 is 4.39 Å². The Balaban J connectivity index is -0.000000175. The normalized spacial score (nSPS) is 12.2. The van der Waals surface area contributed by atoms with Gasteiger partial charge in [0.25, 0.3) is 0 Å². The zero-order valence-corrected chi connectivity index (χ0v) is 9.37. The highest BCUT2D eigenvalue weighted by Gasteiger charge is 2.16. The van der Waals surface area contributed by atoms with Gasteiger partial charge in [0.2, 0.25) is 0 Å². The molecule has 0 aromatic rings. The van der Waals surface area contributed by atoms with E-state index in [-0.39, 0.29) is 0 Å². The number of halogens is 1. The maximum Gasteiger partial charge on any atom is 0.167 e. The second-order valence-corrected chi connectivity index (χ2v) is 2.09. The molecule has 1 atom stereocenters. The van der Waals surface area contributed by atoms with Crippen molar-refractivity contribution in [3.63, 3.8) is 0 Å². The standard InChI is InChI=1S/C7H11F.2C2H6/c1-4-6-7(3,8)5-2;2*1-2/h2H,4,6H2,1,3H3;2*1-2H3. The molecule has 0 saturated carbocycles. The Morgan fingerprint density at radius 3 is 1.67 bits per heavy atom. The minimum atomic E-state index is -1.38. The zero-order valence-electron chi connectivity index (χ0n) is 9.37. The molecule has 0 fully saturated rings. The van der Waals surface area contributed by atoms with Gasteiger partial charge in [-0.1, -0.05) is 47.0 Å². The fourth-order valence-corrected chi connectivity index (χ4v) is 0.542. The van der Waals surface area contributed by atoms with Gasteiger partial charge in [-0.2, -0.15) is 0 Å². The third kappa shape index (κ3) is 16.2. The fourth-order valence-electron chi connectivity index (χ4n) is 0.542. The van der Waals surface area contributed by atoms with Gasteiger partial charge in [0, 0.05) is 0 Å². The molecule has 0 N–H and O–H groups in total. The summed E-state index contributed by atoms with van der Waals surface area (Å²) in [4.78, 5) is 0. The molecule has 0 amide bonds. The molecule has 0 aromatic carbocycles. The maximum absolute atomic E-state index is 12.6. The third-order valence-electron chi connectivity index (χ3n) is 1.02. The monoisotopic (exact) mass is 174 g/mol. The van der Waals surface area contributed by atoms with Crippen LogP contribution >= 0.6 is 0 Å². The summed E-state index contributed by atoms with van der Waals surface area (Å²) in [5.41, 5.74) is -1.38. The predicted molar refractivity (Wildman–Crippen MR) is 56.0 cm³/mol. The van der Waals surface area contributed by atoms with Gasteiger partial charge in [0.15, 0.2) is 5.67 Å². The molecule has 74 valence electrons. The van der Waals surface area contributed by atoms with Gasteiger partial charge in [-0.05, 0) is 13.3 Å². The number of alkyl halides is 1. The number of hydrogen-bond acceptors (Lipinski definition) is 0. The van der Waals surface area contributed by atoms with Gasteiger partial charge in [0.1, 0.15) is 0 Å². The van der Waals surface area contributed by atoms with Crippen LogP contribution in [0.5, 0.6) is 0 Å². The molecule has 12 heavy (non-hydrogen) atoms. The van der Waals surface area contributed by atoms with Crippen LogP contribution in [0.1, 0.15) is 54.4 Å². The second kappa shape index (κ2) is 13.1. The average Bonchev–Trinajstić information content (AvgIpc) is 2.12. The molecule has 0 nitrogen and oxygen atoms in total. The number of rotatable bonds is 2. The highest BCUT2D eigenvalue weighted by atomic mass is 19.1. The van der Waals surface area contributed by atoms with Crippen LogP contribution in [0, 0.1) is 12.3 Å². The fraction of sp³-hybridized carbons (Fsp3) is 0.818. The lowest BCUT2D eigenvalue weighted by Gasteiger charge is -2.09. The van der Waals surface area contributed by atoms with Crippen LogP contribution in [0.3, 0.4) is 0 Å². The largest absolute Gasteiger partial charge is 0.230 e. The lowest BCUT2D eigenvalue weighted by Crippen LogP contribution is -2.12. The van der Waals surface area contributed by atoms with Crippen LogP contribution in [0.4, 0.5) is 4.39 Å². The van der Waals surface area contributed by atoms with Crippen LogP contribution in [0.15, 0.2) is 0 Å². The van der Waals surface area contributed by atoms with Crippen molar-refractivity contribution in [2.45, 2.75) is 60.1 Å². The number of terminal acetylenes is 1. The van der Waals surface area contributed by atoms with E-state index in [2.05, 4.69) is 5.92 Å². The van der Waals surface area contributed by atoms with Crippen molar-refractivity contribution >= 4 is 0 Å². The van der Waals surface area contributed by atoms with Crippen LogP contribution in [0.25, 0.3) is 0 Å². The summed E-state index contributed by atoms with van der Waals surface area (Å²) in [7, 11) is 0. The Bertz CT molecular complexity index is 98.1. The van der Waals surface area contributed by atoms with Gasteiger partial charge in [0.05, 0.1) is 0 Å². The highest BCUT2D eigenvalue weighted by Crippen LogP contribution is 2.14. The van der Waals surface area contributed by atoms with E-state index in [4.69, 9.17) is 6.42 Å². The van der Waals surface area contributed by atoms with Crippen LogP contribution in [-0.2, 0) is 0 Å². The molecule has 0 aliphatic heterocycles. The van der Waals surface area contributed by atoms with Gasteiger partial charge in [-0.3, -0.25) is 0 Å². The van der Waals surface area contributed by atoms with Crippen molar-refractivity contribution in [3.05, 3.63) is 0 Å². The lowest BCUT2D eigenvalue weighted by molar-refractivity contribution is 0.252. The molecule has 0 aliphatic carbocycles. The molecule has 1 unspecified atom stereocenters. The van der Waals surface area contributed by atoms with E-state index in [1.165, 1.54) is 6.92 Å². The van der Waals surface area contributed by atoms with Crippen LogP contribution < -0.4 is 0 Å². The molecular weight excluding hydrogens is 151 g/mol. The summed E-state index contributed by atoms with van der Waals surface area (Å²) in [6, 6.07) is 0. The van der Waals surface area contributed by atoms with Gasteiger partial charge in [-0.15, -0.1) is 6.42 Å². The Morgan fingerprint density at radius 2 is 1.58 bits per heavy atom.